The number of nitrogens with zero attached hydrogens (tertiary/aromatic N) is 1. The van der Waals surface area contributed by atoms with Gasteiger partial charge in [0.05, 0.1) is 24.9 Å². The summed E-state index contributed by atoms with van der Waals surface area (Å²) >= 11 is 0. The third-order valence-electron chi connectivity index (χ3n) is 1.78. The summed E-state index contributed by atoms with van der Waals surface area (Å²) in [5.41, 5.74) is 1.67. The molecule has 1 aromatic rings. The van der Waals surface area contributed by atoms with Crippen LogP contribution in [0.2, 0.25) is 0 Å². The molecule has 0 spiro atoms. The molecule has 0 aliphatic heterocycles. The van der Waals surface area contributed by atoms with E-state index in [9.17, 15) is 13.2 Å². The molecular formula is C10H11F3N2O. The van der Waals surface area contributed by atoms with Crippen molar-refractivity contribution in [2.75, 3.05) is 13.2 Å². The van der Waals surface area contributed by atoms with Gasteiger partial charge in [-0.25, -0.2) is 0 Å². The molecule has 0 aromatic heterocycles. The Morgan fingerprint density at radius 2 is 2.00 bits per heavy atom. The molecule has 3 nitrogen and oxygen atoms in total. The van der Waals surface area contributed by atoms with E-state index in [1.807, 2.05) is 0 Å². The molecule has 0 unspecified atom stereocenters. The second-order valence-corrected chi connectivity index (χ2v) is 2.97. The fourth-order valence-corrected chi connectivity index (χ4v) is 1.10. The van der Waals surface area contributed by atoms with E-state index >= 15 is 0 Å². The lowest BCUT2D eigenvalue weighted by atomic mass is 10.1. The summed E-state index contributed by atoms with van der Waals surface area (Å²) in [7, 11) is 0. The van der Waals surface area contributed by atoms with Gasteiger partial charge in [0.25, 0.3) is 0 Å². The largest absolute Gasteiger partial charge is 0.417 e. The number of alkyl halides is 3. The van der Waals surface area contributed by atoms with Gasteiger partial charge in [-0.2, -0.15) is 18.3 Å². The number of hydrogen-bond donors (Lipinski definition) is 2. The van der Waals surface area contributed by atoms with Gasteiger partial charge in [0.1, 0.15) is 0 Å². The zero-order chi connectivity index (χ0) is 12.0. The van der Waals surface area contributed by atoms with Gasteiger partial charge < -0.3 is 10.5 Å². The molecule has 0 radical (unpaired) electrons. The van der Waals surface area contributed by atoms with Crippen LogP contribution in [0.25, 0.3) is 0 Å². The first-order valence-electron chi connectivity index (χ1n) is 4.58. The van der Waals surface area contributed by atoms with Crippen molar-refractivity contribution in [1.29, 1.82) is 0 Å². The zero-order valence-electron chi connectivity index (χ0n) is 8.33. The highest BCUT2D eigenvalue weighted by Crippen LogP contribution is 2.30. The van der Waals surface area contributed by atoms with E-state index in [0.717, 1.165) is 12.3 Å². The van der Waals surface area contributed by atoms with Crippen LogP contribution in [0.15, 0.2) is 29.4 Å². The van der Waals surface area contributed by atoms with E-state index in [4.69, 9.17) is 5.11 Å². The van der Waals surface area contributed by atoms with Gasteiger partial charge in [-0.15, -0.1) is 0 Å². The van der Waals surface area contributed by atoms with Gasteiger partial charge in [-0.3, -0.25) is 0 Å². The first-order chi connectivity index (χ1) is 7.55. The summed E-state index contributed by atoms with van der Waals surface area (Å²) < 4.78 is 37.5. The van der Waals surface area contributed by atoms with E-state index in [1.54, 1.807) is 0 Å². The van der Waals surface area contributed by atoms with Crippen molar-refractivity contribution < 1.29 is 18.3 Å². The highest BCUT2D eigenvalue weighted by atomic mass is 19.4. The summed E-state index contributed by atoms with van der Waals surface area (Å²) in [6, 6.07) is 5.14. The monoisotopic (exact) mass is 232 g/mol. The minimum atomic E-state index is -4.39. The van der Waals surface area contributed by atoms with Crippen LogP contribution in [-0.4, -0.2) is 24.5 Å². The lowest BCUT2D eigenvalue weighted by Crippen LogP contribution is -2.13. The topological polar surface area (TPSA) is 44.6 Å². The van der Waals surface area contributed by atoms with Crippen LogP contribution in [0.5, 0.6) is 0 Å². The molecule has 0 aliphatic rings. The molecule has 0 atom stereocenters. The Hall–Kier alpha value is -1.56. The quantitative estimate of drug-likeness (QED) is 0.470. The molecular weight excluding hydrogens is 221 g/mol. The van der Waals surface area contributed by atoms with E-state index in [0.29, 0.717) is 0 Å². The highest BCUT2D eigenvalue weighted by Gasteiger charge is 2.32. The van der Waals surface area contributed by atoms with Crippen LogP contribution in [0.3, 0.4) is 0 Å². The highest BCUT2D eigenvalue weighted by molar-refractivity contribution is 5.81. The smallest absolute Gasteiger partial charge is 0.394 e. The number of aliphatic hydroxyl groups excluding tert-OH is 1. The fraction of sp³-hybridized carbons (Fsp3) is 0.300. The van der Waals surface area contributed by atoms with Crippen LogP contribution >= 0.6 is 0 Å². The third-order valence-corrected chi connectivity index (χ3v) is 1.78. The number of hydrazone groups is 1. The van der Waals surface area contributed by atoms with Crippen molar-refractivity contribution in [2.45, 2.75) is 6.18 Å². The number of aliphatic hydroxyl groups is 1. The van der Waals surface area contributed by atoms with Gasteiger partial charge >= 0.3 is 6.18 Å². The van der Waals surface area contributed by atoms with Crippen molar-refractivity contribution in [1.82, 2.24) is 5.43 Å². The van der Waals surface area contributed by atoms with Crippen molar-refractivity contribution in [3.05, 3.63) is 35.4 Å². The maximum absolute atomic E-state index is 12.5. The Morgan fingerprint density at radius 3 is 2.62 bits per heavy atom. The molecule has 6 heteroatoms. The first-order valence-corrected chi connectivity index (χ1v) is 4.58. The Bertz CT molecular complexity index is 363. The molecule has 16 heavy (non-hydrogen) atoms. The standard InChI is InChI=1S/C10H11F3N2O/c11-10(12,13)9-4-2-1-3-8(9)7-15-14-5-6-16/h1-4,7,14,16H,5-6H2. The number of benzene rings is 1. The molecule has 88 valence electrons. The number of rotatable bonds is 4. The molecule has 0 bridgehead atoms. The van der Waals surface area contributed by atoms with Crippen LogP contribution < -0.4 is 5.43 Å². The minimum Gasteiger partial charge on any atom is -0.394 e. The second-order valence-electron chi connectivity index (χ2n) is 2.97. The molecule has 0 amide bonds. The van der Waals surface area contributed by atoms with Crippen LogP contribution in [0.4, 0.5) is 13.2 Å². The zero-order valence-corrected chi connectivity index (χ0v) is 8.33. The Balaban J connectivity index is 2.83. The second kappa shape index (κ2) is 5.50. The van der Waals surface area contributed by atoms with Crippen LogP contribution in [0.1, 0.15) is 11.1 Å². The molecule has 0 aliphatic carbocycles. The summed E-state index contributed by atoms with van der Waals surface area (Å²) in [5.74, 6) is 0. The molecule has 0 saturated carbocycles. The molecule has 2 N–H and O–H groups in total. The third kappa shape index (κ3) is 3.54. The molecule has 1 rings (SSSR count). The van der Waals surface area contributed by atoms with E-state index < -0.39 is 11.7 Å². The van der Waals surface area contributed by atoms with Gasteiger partial charge in [-0.1, -0.05) is 18.2 Å². The molecule has 1 aromatic carbocycles. The van der Waals surface area contributed by atoms with Crippen molar-refractivity contribution in [3.63, 3.8) is 0 Å². The predicted octanol–water partition coefficient (Wildman–Crippen LogP) is 1.62. The molecule has 0 heterocycles. The molecule has 0 fully saturated rings. The SMILES string of the molecule is OCCNN=Cc1ccccc1C(F)(F)F. The number of nitrogens with one attached hydrogen (secondary N) is 1. The van der Waals surface area contributed by atoms with Crippen LogP contribution in [0, 0.1) is 0 Å². The van der Waals surface area contributed by atoms with Gasteiger partial charge in [-0.05, 0) is 6.07 Å². The summed E-state index contributed by atoms with van der Waals surface area (Å²) in [4.78, 5) is 0. The average Bonchev–Trinajstić information content (AvgIpc) is 2.24. The number of hydrogen-bond acceptors (Lipinski definition) is 3. The maximum Gasteiger partial charge on any atom is 0.417 e. The predicted molar refractivity (Wildman–Crippen MR) is 54.1 cm³/mol. The summed E-state index contributed by atoms with van der Waals surface area (Å²) in [5, 5.41) is 12.0. The van der Waals surface area contributed by atoms with Crippen molar-refractivity contribution in [2.24, 2.45) is 5.10 Å². The van der Waals surface area contributed by atoms with E-state index in [-0.39, 0.29) is 18.7 Å². The Morgan fingerprint density at radius 1 is 1.31 bits per heavy atom. The van der Waals surface area contributed by atoms with E-state index in [1.165, 1.54) is 18.2 Å². The summed E-state index contributed by atoms with van der Waals surface area (Å²) in [6.45, 7) is 0.0724. The van der Waals surface area contributed by atoms with Crippen molar-refractivity contribution >= 4 is 6.21 Å². The Labute approximate surface area is 90.6 Å². The molecule has 0 saturated heterocycles. The van der Waals surface area contributed by atoms with E-state index in [2.05, 4.69) is 10.5 Å². The lowest BCUT2D eigenvalue weighted by molar-refractivity contribution is -0.137. The minimum absolute atomic E-state index is 0.0135. The Kier molecular flexibility index (Phi) is 4.30. The average molecular weight is 232 g/mol. The fourth-order valence-electron chi connectivity index (χ4n) is 1.10. The van der Waals surface area contributed by atoms with Gasteiger partial charge in [0.15, 0.2) is 0 Å². The number of halogens is 3. The normalized spacial score (nSPS) is 12.0. The lowest BCUT2D eigenvalue weighted by Gasteiger charge is -2.09. The van der Waals surface area contributed by atoms with Gasteiger partial charge in [0.2, 0.25) is 0 Å². The maximum atomic E-state index is 12.5. The van der Waals surface area contributed by atoms with Crippen LogP contribution in [-0.2, 0) is 6.18 Å². The first kappa shape index (κ1) is 12.5. The van der Waals surface area contributed by atoms with Crippen molar-refractivity contribution in [3.8, 4) is 0 Å². The summed E-state index contributed by atoms with van der Waals surface area (Å²) in [6.07, 6.45) is -3.31. The van der Waals surface area contributed by atoms with Gasteiger partial charge in [0, 0.05) is 5.56 Å².